The molecule has 0 spiro atoms. The monoisotopic (exact) mass is 439 g/mol. The van der Waals surface area contributed by atoms with Crippen LogP contribution in [0.5, 0.6) is 0 Å². The minimum Gasteiger partial charge on any atom is -0.334 e. The number of carbonyl (C=O) groups excluding carboxylic acids is 1. The molecule has 2 aromatic rings. The van der Waals surface area contributed by atoms with Gasteiger partial charge >= 0.3 is 0 Å². The number of fused-ring (bicyclic) bond motifs is 1. The fourth-order valence-corrected chi connectivity index (χ4v) is 6.06. The van der Waals surface area contributed by atoms with Crippen molar-refractivity contribution in [3.8, 4) is 0 Å². The molecule has 32 heavy (non-hydrogen) atoms. The topological polar surface area (TPSA) is 73.7 Å². The lowest BCUT2D eigenvalue weighted by Gasteiger charge is -2.34. The van der Waals surface area contributed by atoms with E-state index in [1.165, 1.54) is 19.3 Å². The SMILES string of the molecule is CC(C)N1CCC(c2cc(=O)n3[nH]c([C@@H]4CCCN4C(=O)C4CCCCC4)cc3n2)CC1. The molecule has 1 amide bonds. The van der Waals surface area contributed by atoms with Crippen molar-refractivity contribution in [3.05, 3.63) is 33.9 Å². The van der Waals surface area contributed by atoms with Crippen LogP contribution >= 0.6 is 0 Å². The first-order valence-corrected chi connectivity index (χ1v) is 12.7. The van der Waals surface area contributed by atoms with E-state index in [4.69, 9.17) is 4.98 Å². The Morgan fingerprint density at radius 2 is 1.75 bits per heavy atom. The summed E-state index contributed by atoms with van der Waals surface area (Å²) in [7, 11) is 0. The van der Waals surface area contributed by atoms with Gasteiger partial charge in [-0.3, -0.25) is 14.7 Å². The molecule has 1 saturated carbocycles. The number of hydrogen-bond donors (Lipinski definition) is 1. The Morgan fingerprint density at radius 3 is 2.47 bits per heavy atom. The quantitative estimate of drug-likeness (QED) is 0.785. The fraction of sp³-hybridized carbons (Fsp3) is 0.720. The first kappa shape index (κ1) is 21.7. The molecule has 2 saturated heterocycles. The number of amides is 1. The summed E-state index contributed by atoms with van der Waals surface area (Å²) in [5, 5.41) is 3.29. The van der Waals surface area contributed by atoms with Gasteiger partial charge in [-0.1, -0.05) is 19.3 Å². The summed E-state index contributed by atoms with van der Waals surface area (Å²) >= 11 is 0. The van der Waals surface area contributed by atoms with Crippen molar-refractivity contribution in [2.24, 2.45) is 5.92 Å². The molecule has 0 radical (unpaired) electrons. The van der Waals surface area contributed by atoms with Crippen molar-refractivity contribution in [1.29, 1.82) is 0 Å². The molecule has 2 aromatic heterocycles. The van der Waals surface area contributed by atoms with Crippen molar-refractivity contribution in [2.75, 3.05) is 19.6 Å². The third-order valence-corrected chi connectivity index (χ3v) is 8.02. The molecular weight excluding hydrogens is 402 g/mol. The standard InChI is InChI=1S/C25H37N5O2/c1-17(2)28-13-10-18(11-14-28)20-16-24(31)30-23(26-20)15-21(27-30)22-9-6-12-29(22)25(32)19-7-4-3-5-8-19/h15-19,22,27H,3-14H2,1-2H3/t22-/m0/s1. The van der Waals surface area contributed by atoms with E-state index >= 15 is 0 Å². The van der Waals surface area contributed by atoms with Crippen LogP contribution in [-0.4, -0.2) is 56.0 Å². The third kappa shape index (κ3) is 4.12. The lowest BCUT2D eigenvalue weighted by molar-refractivity contribution is -0.137. The number of hydrogen-bond acceptors (Lipinski definition) is 4. The van der Waals surface area contributed by atoms with Crippen LogP contribution in [0.15, 0.2) is 16.9 Å². The number of likely N-dealkylation sites (tertiary alicyclic amines) is 2. The van der Waals surface area contributed by atoms with Gasteiger partial charge in [0.1, 0.15) is 0 Å². The third-order valence-electron chi connectivity index (χ3n) is 8.02. The van der Waals surface area contributed by atoms with Gasteiger partial charge in [0.15, 0.2) is 5.65 Å². The Morgan fingerprint density at radius 1 is 1.00 bits per heavy atom. The van der Waals surface area contributed by atoms with Gasteiger partial charge in [-0.05, 0) is 65.5 Å². The van der Waals surface area contributed by atoms with Crippen molar-refractivity contribution >= 4 is 11.6 Å². The first-order chi connectivity index (χ1) is 15.5. The molecule has 0 aromatic carbocycles. The van der Waals surface area contributed by atoms with Gasteiger partial charge in [0.2, 0.25) is 5.91 Å². The highest BCUT2D eigenvalue weighted by Gasteiger charge is 2.35. The van der Waals surface area contributed by atoms with Gasteiger partial charge in [-0.2, -0.15) is 0 Å². The van der Waals surface area contributed by atoms with Crippen molar-refractivity contribution < 1.29 is 4.79 Å². The summed E-state index contributed by atoms with van der Waals surface area (Å²) in [5.41, 5.74) is 2.50. The van der Waals surface area contributed by atoms with Crippen molar-refractivity contribution in [1.82, 2.24) is 24.4 Å². The summed E-state index contributed by atoms with van der Waals surface area (Å²) in [6, 6.07) is 4.31. The molecule has 1 atom stereocenters. The van der Waals surface area contributed by atoms with Gasteiger partial charge in [0, 0.05) is 36.6 Å². The summed E-state index contributed by atoms with van der Waals surface area (Å²) in [6.45, 7) is 7.41. The van der Waals surface area contributed by atoms with Crippen LogP contribution < -0.4 is 5.56 Å². The Bertz CT molecular complexity index is 1010. The molecule has 5 rings (SSSR count). The van der Waals surface area contributed by atoms with E-state index < -0.39 is 0 Å². The smallest absolute Gasteiger partial charge is 0.272 e. The molecule has 1 aliphatic carbocycles. The molecule has 7 heteroatoms. The average Bonchev–Trinajstić information content (AvgIpc) is 3.46. The number of nitrogens with one attached hydrogen (secondary N) is 1. The normalized spacial score (nSPS) is 24.1. The zero-order valence-electron chi connectivity index (χ0n) is 19.6. The van der Waals surface area contributed by atoms with E-state index in [2.05, 4.69) is 28.7 Å². The number of nitrogens with zero attached hydrogens (tertiary/aromatic N) is 4. The molecule has 1 N–H and O–H groups in total. The Labute approximate surface area is 190 Å². The number of carbonyl (C=O) groups is 1. The molecule has 2 aliphatic heterocycles. The maximum absolute atomic E-state index is 13.2. The minimum absolute atomic E-state index is 0.0308. The number of aromatic nitrogens is 3. The Hall–Kier alpha value is -2.15. The number of aromatic amines is 1. The van der Waals surface area contributed by atoms with Crippen LogP contribution in [-0.2, 0) is 4.79 Å². The molecule has 0 bridgehead atoms. The van der Waals surface area contributed by atoms with E-state index in [9.17, 15) is 9.59 Å². The second-order valence-corrected chi connectivity index (χ2v) is 10.4. The average molecular weight is 440 g/mol. The zero-order valence-corrected chi connectivity index (χ0v) is 19.6. The van der Waals surface area contributed by atoms with Gasteiger partial charge in [-0.25, -0.2) is 9.50 Å². The molecular formula is C25H37N5O2. The fourth-order valence-electron chi connectivity index (χ4n) is 6.06. The Balaban J connectivity index is 1.37. The van der Waals surface area contributed by atoms with Gasteiger partial charge in [0.25, 0.3) is 5.56 Å². The molecule has 7 nitrogen and oxygen atoms in total. The molecule has 3 fully saturated rings. The number of rotatable bonds is 4. The largest absolute Gasteiger partial charge is 0.334 e. The summed E-state index contributed by atoms with van der Waals surface area (Å²) in [4.78, 5) is 35.6. The van der Waals surface area contributed by atoms with E-state index in [1.807, 2.05) is 6.07 Å². The summed E-state index contributed by atoms with van der Waals surface area (Å²) in [6.07, 6.45) is 9.68. The Kier molecular flexibility index (Phi) is 6.10. The highest BCUT2D eigenvalue weighted by atomic mass is 16.2. The van der Waals surface area contributed by atoms with Crippen LogP contribution in [0.4, 0.5) is 0 Å². The zero-order chi connectivity index (χ0) is 22.2. The molecule has 3 aliphatic rings. The van der Waals surface area contributed by atoms with E-state index in [1.54, 1.807) is 10.6 Å². The maximum atomic E-state index is 13.2. The second-order valence-electron chi connectivity index (χ2n) is 10.4. The van der Waals surface area contributed by atoms with E-state index in [0.717, 1.165) is 69.5 Å². The van der Waals surface area contributed by atoms with Crippen LogP contribution in [0.2, 0.25) is 0 Å². The highest BCUT2D eigenvalue weighted by molar-refractivity contribution is 5.79. The molecule has 0 unspecified atom stereocenters. The van der Waals surface area contributed by atoms with Gasteiger partial charge in [-0.15, -0.1) is 0 Å². The van der Waals surface area contributed by atoms with Crippen LogP contribution in [0.3, 0.4) is 0 Å². The van der Waals surface area contributed by atoms with Crippen LogP contribution in [0, 0.1) is 5.92 Å². The minimum atomic E-state index is -0.0503. The van der Waals surface area contributed by atoms with E-state index in [-0.39, 0.29) is 17.5 Å². The number of piperidine rings is 1. The van der Waals surface area contributed by atoms with Gasteiger partial charge in [0.05, 0.1) is 17.4 Å². The van der Waals surface area contributed by atoms with Crippen molar-refractivity contribution in [3.63, 3.8) is 0 Å². The predicted octanol–water partition coefficient (Wildman–Crippen LogP) is 3.85. The second kappa shape index (κ2) is 9.00. The maximum Gasteiger partial charge on any atom is 0.272 e. The summed E-state index contributed by atoms with van der Waals surface area (Å²) in [5.74, 6) is 0.832. The molecule has 174 valence electrons. The van der Waals surface area contributed by atoms with E-state index in [0.29, 0.717) is 23.5 Å². The lowest BCUT2D eigenvalue weighted by Crippen LogP contribution is -2.38. The summed E-state index contributed by atoms with van der Waals surface area (Å²) < 4.78 is 1.56. The number of H-pyrrole nitrogens is 1. The van der Waals surface area contributed by atoms with Gasteiger partial charge < -0.3 is 9.80 Å². The van der Waals surface area contributed by atoms with Crippen LogP contribution in [0.25, 0.3) is 5.65 Å². The first-order valence-electron chi connectivity index (χ1n) is 12.7. The lowest BCUT2D eigenvalue weighted by atomic mass is 9.88. The van der Waals surface area contributed by atoms with Crippen LogP contribution in [0.1, 0.15) is 95.0 Å². The van der Waals surface area contributed by atoms with Crippen molar-refractivity contribution in [2.45, 2.75) is 89.6 Å². The predicted molar refractivity (Wildman–Crippen MR) is 125 cm³/mol. The highest BCUT2D eigenvalue weighted by Crippen LogP contribution is 2.35. The molecule has 4 heterocycles.